The van der Waals surface area contributed by atoms with Crippen LogP contribution in [0.25, 0.3) is 10.4 Å². The second kappa shape index (κ2) is 13.6. The van der Waals surface area contributed by atoms with Crippen molar-refractivity contribution in [1.29, 1.82) is 0 Å². The first-order chi connectivity index (χ1) is 20.2. The molecule has 8 nitrogen and oxygen atoms in total. The van der Waals surface area contributed by atoms with Gasteiger partial charge in [0.25, 0.3) is 0 Å². The molecule has 0 unspecified atom stereocenters. The van der Waals surface area contributed by atoms with Crippen molar-refractivity contribution in [3.05, 3.63) is 154 Å². The average Bonchev–Trinajstić information content (AvgIpc) is 3.04. The van der Waals surface area contributed by atoms with Gasteiger partial charge in [-0.25, -0.2) is 0 Å². The zero-order chi connectivity index (χ0) is 28.5. The van der Waals surface area contributed by atoms with E-state index in [0.29, 0.717) is 0 Å². The number of azide groups is 1. The molecule has 210 valence electrons. The van der Waals surface area contributed by atoms with Crippen LogP contribution >= 0.6 is 0 Å². The summed E-state index contributed by atoms with van der Waals surface area (Å²) in [4.78, 5) is 2.97. The van der Waals surface area contributed by atoms with Crippen LogP contribution < -0.4 is 0 Å². The summed E-state index contributed by atoms with van der Waals surface area (Å²) in [6.45, 7) is 0.208. The summed E-state index contributed by atoms with van der Waals surface area (Å²) >= 11 is 0. The van der Waals surface area contributed by atoms with Crippen molar-refractivity contribution in [3.8, 4) is 0 Å². The lowest BCUT2D eigenvalue weighted by Gasteiger charge is -2.44. The fourth-order valence-electron chi connectivity index (χ4n) is 5.35. The number of aliphatic hydroxyl groups is 1. The van der Waals surface area contributed by atoms with Crippen LogP contribution in [0, 0.1) is 0 Å². The zero-order valence-corrected chi connectivity index (χ0v) is 22.8. The van der Waals surface area contributed by atoms with Crippen LogP contribution in [0.2, 0.25) is 0 Å². The molecule has 4 aromatic rings. The number of aliphatic hydroxyl groups excluding tert-OH is 1. The Morgan fingerprint density at radius 1 is 0.805 bits per heavy atom. The minimum absolute atomic E-state index is 0.00606. The van der Waals surface area contributed by atoms with E-state index in [1.54, 1.807) is 0 Å². The second-order valence-corrected chi connectivity index (χ2v) is 9.82. The van der Waals surface area contributed by atoms with Crippen molar-refractivity contribution in [1.82, 2.24) is 0 Å². The molecule has 5 rings (SSSR count). The molecule has 0 amide bonds. The van der Waals surface area contributed by atoms with Crippen molar-refractivity contribution < 1.29 is 24.1 Å². The van der Waals surface area contributed by atoms with Gasteiger partial charge in [-0.15, -0.1) is 0 Å². The standard InChI is InChI=1S/C33H33N3O5/c1-38-32-29(35-36-34)31(39-22-24-14-6-2-7-15-24)30(37)28(41-32)23-40-33(25-16-8-3-9-17-25,26-18-10-4-11-19-26)27-20-12-5-13-21-27/h2-21,28-32,37H,22-23H2,1H3/t28-,29-,30-,31-,32+/m1/s1. The van der Waals surface area contributed by atoms with Crippen LogP contribution in [0.4, 0.5) is 0 Å². The van der Waals surface area contributed by atoms with Gasteiger partial charge in [0.05, 0.1) is 19.3 Å². The zero-order valence-electron chi connectivity index (χ0n) is 22.8. The van der Waals surface area contributed by atoms with Crippen LogP contribution in [0.5, 0.6) is 0 Å². The van der Waals surface area contributed by atoms with Crippen LogP contribution in [0.1, 0.15) is 22.3 Å². The van der Waals surface area contributed by atoms with Crippen LogP contribution in [-0.2, 0) is 31.2 Å². The van der Waals surface area contributed by atoms with E-state index in [0.717, 1.165) is 22.3 Å². The van der Waals surface area contributed by atoms with Crippen LogP contribution in [0.3, 0.4) is 0 Å². The van der Waals surface area contributed by atoms with Gasteiger partial charge >= 0.3 is 0 Å². The van der Waals surface area contributed by atoms with E-state index in [2.05, 4.69) is 10.0 Å². The minimum atomic E-state index is -1.17. The summed E-state index contributed by atoms with van der Waals surface area (Å²) in [6, 6.07) is 38.6. The van der Waals surface area contributed by atoms with Gasteiger partial charge in [-0.3, -0.25) is 0 Å². The molecule has 0 aromatic heterocycles. The van der Waals surface area contributed by atoms with Gasteiger partial charge in [0.15, 0.2) is 6.29 Å². The highest BCUT2D eigenvalue weighted by molar-refractivity contribution is 5.47. The molecule has 1 saturated heterocycles. The molecule has 1 N–H and O–H groups in total. The number of hydrogen-bond donors (Lipinski definition) is 1. The Morgan fingerprint density at radius 3 is 1.76 bits per heavy atom. The predicted molar refractivity (Wildman–Crippen MR) is 155 cm³/mol. The predicted octanol–water partition coefficient (Wildman–Crippen LogP) is 5.99. The first-order valence-electron chi connectivity index (χ1n) is 13.5. The van der Waals surface area contributed by atoms with Crippen molar-refractivity contribution >= 4 is 0 Å². The molecule has 4 aromatic carbocycles. The molecular formula is C33H33N3O5. The SMILES string of the molecule is CO[C@H]1O[C@H](COC(c2ccccc2)(c2ccccc2)c2ccccc2)[C@@H](O)[C@H](OCc2ccccc2)[C@H]1N=[N+]=[N-]. The van der Waals surface area contributed by atoms with Crippen molar-refractivity contribution in [2.75, 3.05) is 13.7 Å². The lowest BCUT2D eigenvalue weighted by molar-refractivity contribution is -0.273. The first kappa shape index (κ1) is 28.5. The molecule has 1 fully saturated rings. The van der Waals surface area contributed by atoms with E-state index in [1.165, 1.54) is 7.11 Å². The van der Waals surface area contributed by atoms with Crippen LogP contribution in [-0.4, -0.2) is 49.5 Å². The topological polar surface area (TPSA) is 106 Å². The molecule has 41 heavy (non-hydrogen) atoms. The van der Waals surface area contributed by atoms with E-state index in [4.69, 9.17) is 18.9 Å². The molecule has 1 aliphatic rings. The van der Waals surface area contributed by atoms with Crippen molar-refractivity contribution in [3.63, 3.8) is 0 Å². The Morgan fingerprint density at radius 2 is 1.29 bits per heavy atom. The third-order valence-corrected chi connectivity index (χ3v) is 7.35. The van der Waals surface area contributed by atoms with Gasteiger partial charge < -0.3 is 24.1 Å². The summed E-state index contributed by atoms with van der Waals surface area (Å²) in [7, 11) is 1.47. The summed E-state index contributed by atoms with van der Waals surface area (Å²) in [5.41, 5.74) is 12.0. The molecule has 0 radical (unpaired) electrons. The third-order valence-electron chi connectivity index (χ3n) is 7.35. The Labute approximate surface area is 239 Å². The van der Waals surface area contributed by atoms with Gasteiger partial charge in [-0.2, -0.15) is 0 Å². The highest BCUT2D eigenvalue weighted by atomic mass is 16.7. The van der Waals surface area contributed by atoms with Gasteiger partial charge in [0.1, 0.15) is 23.9 Å². The number of nitrogens with zero attached hydrogens (tertiary/aromatic N) is 3. The molecule has 0 saturated carbocycles. The average molecular weight is 552 g/mol. The van der Waals surface area contributed by atoms with E-state index in [9.17, 15) is 10.6 Å². The Hall–Kier alpha value is -4.01. The maximum atomic E-state index is 11.6. The number of ether oxygens (including phenoxy) is 4. The van der Waals surface area contributed by atoms with Crippen molar-refractivity contribution in [2.24, 2.45) is 5.11 Å². The fourth-order valence-corrected chi connectivity index (χ4v) is 5.35. The summed E-state index contributed by atoms with van der Waals surface area (Å²) in [5.74, 6) is 0. The Balaban J connectivity index is 1.49. The molecule has 0 bridgehead atoms. The quantitative estimate of drug-likeness (QED) is 0.107. The van der Waals surface area contributed by atoms with E-state index >= 15 is 0 Å². The first-order valence-corrected chi connectivity index (χ1v) is 13.5. The molecule has 8 heteroatoms. The van der Waals surface area contributed by atoms with Crippen LogP contribution in [0.15, 0.2) is 126 Å². The van der Waals surface area contributed by atoms with E-state index < -0.39 is 36.2 Å². The van der Waals surface area contributed by atoms with E-state index in [-0.39, 0.29) is 13.2 Å². The summed E-state index contributed by atoms with van der Waals surface area (Å²) in [5, 5.41) is 15.4. The maximum absolute atomic E-state index is 11.6. The smallest absolute Gasteiger partial charge is 0.168 e. The van der Waals surface area contributed by atoms with Gasteiger partial charge in [-0.1, -0.05) is 126 Å². The number of rotatable bonds is 11. The third kappa shape index (κ3) is 6.19. The largest absolute Gasteiger partial charge is 0.388 e. The molecular weight excluding hydrogens is 518 g/mol. The molecule has 5 atom stereocenters. The molecule has 1 heterocycles. The Bertz CT molecular complexity index is 1310. The fraction of sp³-hybridized carbons (Fsp3) is 0.273. The number of benzene rings is 4. The number of hydrogen-bond acceptors (Lipinski definition) is 6. The normalized spacial score (nSPS) is 22.5. The monoisotopic (exact) mass is 551 g/mol. The highest BCUT2D eigenvalue weighted by Crippen LogP contribution is 2.41. The maximum Gasteiger partial charge on any atom is 0.168 e. The highest BCUT2D eigenvalue weighted by Gasteiger charge is 2.48. The molecule has 0 aliphatic carbocycles. The van der Waals surface area contributed by atoms with Gasteiger partial charge in [0, 0.05) is 12.0 Å². The summed E-state index contributed by atoms with van der Waals surface area (Å²) in [6.07, 6.45) is -3.84. The molecule has 1 aliphatic heterocycles. The molecule has 0 spiro atoms. The summed E-state index contributed by atoms with van der Waals surface area (Å²) < 4.78 is 24.8. The van der Waals surface area contributed by atoms with Gasteiger partial charge in [0.2, 0.25) is 0 Å². The lowest BCUT2D eigenvalue weighted by Crippen LogP contribution is -2.59. The van der Waals surface area contributed by atoms with E-state index in [1.807, 2.05) is 121 Å². The lowest BCUT2D eigenvalue weighted by atomic mass is 9.80. The van der Waals surface area contributed by atoms with Crippen molar-refractivity contribution in [2.45, 2.75) is 42.9 Å². The minimum Gasteiger partial charge on any atom is -0.388 e. The Kier molecular flexibility index (Phi) is 9.44. The second-order valence-electron chi connectivity index (χ2n) is 9.82. The van der Waals surface area contributed by atoms with Gasteiger partial charge in [-0.05, 0) is 27.8 Å². The number of methoxy groups -OCH3 is 1.